The van der Waals surface area contributed by atoms with Gasteiger partial charge < -0.3 is 5.32 Å². The lowest BCUT2D eigenvalue weighted by atomic mass is 10.1. The van der Waals surface area contributed by atoms with Crippen molar-refractivity contribution < 1.29 is 13.2 Å². The number of halogens is 3. The average Bonchev–Trinajstić information content (AvgIpc) is 2.45. The molecule has 0 saturated heterocycles. The Balaban J connectivity index is 2.92. The van der Waals surface area contributed by atoms with Gasteiger partial charge in [0.2, 0.25) is 0 Å². The van der Waals surface area contributed by atoms with Gasteiger partial charge in [0, 0.05) is 11.4 Å². The molecule has 92 valence electrons. The van der Waals surface area contributed by atoms with Crippen molar-refractivity contribution in [2.24, 2.45) is 0 Å². The zero-order chi connectivity index (χ0) is 12.3. The highest BCUT2D eigenvalue weighted by molar-refractivity contribution is 7.11. The van der Waals surface area contributed by atoms with E-state index < -0.39 is 12.6 Å². The van der Waals surface area contributed by atoms with Crippen LogP contribution in [0, 0.1) is 0 Å². The van der Waals surface area contributed by atoms with Crippen LogP contribution in [0.4, 0.5) is 13.2 Å². The van der Waals surface area contributed by atoms with Crippen LogP contribution >= 0.6 is 11.3 Å². The zero-order valence-electron chi connectivity index (χ0n) is 9.48. The zero-order valence-corrected chi connectivity index (χ0v) is 10.3. The van der Waals surface area contributed by atoms with Gasteiger partial charge in [0.05, 0.1) is 12.1 Å². The SMILES string of the molecule is CNCc1sc(CC(F)(F)F)nc1C(C)C. The molecule has 0 aromatic carbocycles. The summed E-state index contributed by atoms with van der Waals surface area (Å²) in [5, 5.41) is 3.10. The van der Waals surface area contributed by atoms with E-state index in [1.54, 1.807) is 7.05 Å². The summed E-state index contributed by atoms with van der Waals surface area (Å²) in [6.45, 7) is 4.44. The molecule has 6 heteroatoms. The number of aromatic nitrogens is 1. The molecule has 0 fully saturated rings. The Hall–Kier alpha value is -0.620. The molecule has 0 bridgehead atoms. The van der Waals surface area contributed by atoms with E-state index in [1.165, 1.54) is 0 Å². The molecule has 1 rings (SSSR count). The maximum Gasteiger partial charge on any atom is 0.395 e. The molecular formula is C10H15F3N2S. The molecular weight excluding hydrogens is 237 g/mol. The molecule has 1 aromatic heterocycles. The predicted octanol–water partition coefficient (Wildman–Crippen LogP) is 3.09. The predicted molar refractivity (Wildman–Crippen MR) is 58.7 cm³/mol. The maximum absolute atomic E-state index is 12.2. The first-order chi connectivity index (χ1) is 7.33. The third-order valence-corrected chi connectivity index (χ3v) is 3.08. The summed E-state index contributed by atoms with van der Waals surface area (Å²) in [4.78, 5) is 4.97. The van der Waals surface area contributed by atoms with Crippen LogP contribution in [-0.4, -0.2) is 18.2 Å². The van der Waals surface area contributed by atoms with Crippen LogP contribution in [0.5, 0.6) is 0 Å². The Morgan fingerprint density at radius 1 is 1.38 bits per heavy atom. The van der Waals surface area contributed by atoms with Crippen molar-refractivity contribution in [1.29, 1.82) is 0 Å². The van der Waals surface area contributed by atoms with Crippen LogP contribution in [0.15, 0.2) is 0 Å². The fourth-order valence-electron chi connectivity index (χ4n) is 1.40. The van der Waals surface area contributed by atoms with Gasteiger partial charge in [-0.3, -0.25) is 0 Å². The number of alkyl halides is 3. The van der Waals surface area contributed by atoms with Gasteiger partial charge in [0.25, 0.3) is 0 Å². The molecule has 0 aliphatic carbocycles. The summed E-state index contributed by atoms with van der Waals surface area (Å²) in [6.07, 6.45) is -5.11. The Morgan fingerprint density at radius 2 is 2.00 bits per heavy atom. The monoisotopic (exact) mass is 252 g/mol. The number of hydrogen-bond donors (Lipinski definition) is 1. The lowest BCUT2D eigenvalue weighted by Crippen LogP contribution is -2.11. The Kier molecular flexibility index (Phi) is 4.32. The van der Waals surface area contributed by atoms with Gasteiger partial charge in [-0.15, -0.1) is 11.3 Å². The Morgan fingerprint density at radius 3 is 2.44 bits per heavy atom. The highest BCUT2D eigenvalue weighted by atomic mass is 32.1. The maximum atomic E-state index is 12.2. The minimum absolute atomic E-state index is 0.154. The largest absolute Gasteiger partial charge is 0.395 e. The highest BCUT2D eigenvalue weighted by Crippen LogP contribution is 2.29. The average molecular weight is 252 g/mol. The molecule has 2 nitrogen and oxygen atoms in total. The van der Waals surface area contributed by atoms with E-state index in [4.69, 9.17) is 0 Å². The summed E-state index contributed by atoms with van der Waals surface area (Å²) in [6, 6.07) is 0. The van der Waals surface area contributed by atoms with Gasteiger partial charge >= 0.3 is 6.18 Å². The number of rotatable bonds is 4. The summed E-state index contributed by atoms with van der Waals surface area (Å²) in [7, 11) is 1.77. The molecule has 0 saturated carbocycles. The number of hydrogen-bond acceptors (Lipinski definition) is 3. The van der Waals surface area contributed by atoms with Crippen molar-refractivity contribution in [2.75, 3.05) is 7.05 Å². The van der Waals surface area contributed by atoms with Crippen molar-refractivity contribution in [3.8, 4) is 0 Å². The van der Waals surface area contributed by atoms with E-state index in [0.29, 0.717) is 6.54 Å². The van der Waals surface area contributed by atoms with Gasteiger partial charge in [-0.05, 0) is 13.0 Å². The van der Waals surface area contributed by atoms with Crippen LogP contribution < -0.4 is 5.32 Å². The molecule has 0 spiro atoms. The lowest BCUT2D eigenvalue weighted by molar-refractivity contribution is -0.127. The highest BCUT2D eigenvalue weighted by Gasteiger charge is 2.30. The fraction of sp³-hybridized carbons (Fsp3) is 0.700. The molecule has 1 N–H and O–H groups in total. The van der Waals surface area contributed by atoms with Crippen LogP contribution in [-0.2, 0) is 13.0 Å². The Labute approximate surface area is 96.9 Å². The molecule has 0 amide bonds. The van der Waals surface area contributed by atoms with Gasteiger partial charge in [-0.2, -0.15) is 13.2 Å². The Bertz CT molecular complexity index is 344. The third-order valence-electron chi connectivity index (χ3n) is 2.01. The lowest BCUT2D eigenvalue weighted by Gasteiger charge is -2.03. The first-order valence-electron chi connectivity index (χ1n) is 5.03. The van der Waals surface area contributed by atoms with Crippen molar-refractivity contribution >= 4 is 11.3 Å². The van der Waals surface area contributed by atoms with Crippen molar-refractivity contribution in [3.05, 3.63) is 15.6 Å². The second-order valence-electron chi connectivity index (χ2n) is 3.89. The molecule has 1 aromatic rings. The van der Waals surface area contributed by atoms with Crippen LogP contribution in [0.2, 0.25) is 0 Å². The minimum Gasteiger partial charge on any atom is -0.315 e. The van der Waals surface area contributed by atoms with Crippen molar-refractivity contribution in [3.63, 3.8) is 0 Å². The normalized spacial score (nSPS) is 12.4. The van der Waals surface area contributed by atoms with Crippen LogP contribution in [0.3, 0.4) is 0 Å². The van der Waals surface area contributed by atoms with Gasteiger partial charge in [-0.25, -0.2) is 4.98 Å². The van der Waals surface area contributed by atoms with Crippen molar-refractivity contribution in [2.45, 2.75) is 38.9 Å². The first-order valence-corrected chi connectivity index (χ1v) is 5.85. The minimum atomic E-state index is -4.18. The number of nitrogens with one attached hydrogen (secondary N) is 1. The quantitative estimate of drug-likeness (QED) is 0.890. The van der Waals surface area contributed by atoms with E-state index in [1.807, 2.05) is 13.8 Å². The first kappa shape index (κ1) is 13.4. The molecule has 0 unspecified atom stereocenters. The van der Waals surface area contributed by atoms with Crippen LogP contribution in [0.1, 0.15) is 35.3 Å². The number of thiazole rings is 1. The summed E-state index contributed by atoms with van der Waals surface area (Å²) in [5.74, 6) is 0.154. The van der Waals surface area contributed by atoms with Gasteiger partial charge in [-0.1, -0.05) is 13.8 Å². The molecule has 0 aliphatic rings. The molecule has 0 radical (unpaired) electrons. The number of nitrogens with zero attached hydrogens (tertiary/aromatic N) is 1. The molecule has 1 heterocycles. The fourth-order valence-corrected chi connectivity index (χ4v) is 2.67. The second-order valence-corrected chi connectivity index (χ2v) is 5.06. The molecule has 0 aliphatic heterocycles. The van der Waals surface area contributed by atoms with E-state index in [9.17, 15) is 13.2 Å². The summed E-state index contributed by atoms with van der Waals surface area (Å²) in [5.41, 5.74) is 0.776. The molecule has 16 heavy (non-hydrogen) atoms. The summed E-state index contributed by atoms with van der Waals surface area (Å²) >= 11 is 1.15. The van der Waals surface area contributed by atoms with Gasteiger partial charge in [0.15, 0.2) is 0 Å². The standard InChI is InChI=1S/C10H15F3N2S/c1-6(2)9-7(5-14-3)16-8(15-9)4-10(11,12)13/h6,14H,4-5H2,1-3H3. The van der Waals surface area contributed by atoms with Crippen molar-refractivity contribution in [1.82, 2.24) is 10.3 Å². The van der Waals surface area contributed by atoms with E-state index in [0.717, 1.165) is 21.9 Å². The summed E-state index contributed by atoms with van der Waals surface area (Å²) < 4.78 is 36.7. The van der Waals surface area contributed by atoms with E-state index >= 15 is 0 Å². The van der Waals surface area contributed by atoms with E-state index in [2.05, 4.69) is 10.3 Å². The second kappa shape index (κ2) is 5.14. The molecule has 0 atom stereocenters. The van der Waals surface area contributed by atoms with Crippen LogP contribution in [0.25, 0.3) is 0 Å². The topological polar surface area (TPSA) is 24.9 Å². The third kappa shape index (κ3) is 3.75. The smallest absolute Gasteiger partial charge is 0.315 e. The van der Waals surface area contributed by atoms with Gasteiger partial charge in [0.1, 0.15) is 5.01 Å². The van der Waals surface area contributed by atoms with E-state index in [-0.39, 0.29) is 10.9 Å².